The number of aliphatic hydroxyl groups is 1. The zero-order chi connectivity index (χ0) is 23.0. The smallest absolute Gasteiger partial charge is 0.301 e. The van der Waals surface area contributed by atoms with Crippen LogP contribution in [-0.2, 0) is 9.59 Å². The van der Waals surface area contributed by atoms with Gasteiger partial charge in [-0.2, -0.15) is 0 Å². The summed E-state index contributed by atoms with van der Waals surface area (Å²) in [5.74, 6) is -0.341. The first-order chi connectivity index (χ1) is 15.3. The van der Waals surface area contributed by atoms with Crippen LogP contribution in [0, 0.1) is 13.8 Å². The number of aromatic nitrogens is 1. The lowest BCUT2D eigenvalue weighted by Gasteiger charge is -2.23. The van der Waals surface area contributed by atoms with E-state index in [1.165, 1.54) is 19.1 Å². The third kappa shape index (κ3) is 3.49. The van der Waals surface area contributed by atoms with Gasteiger partial charge in [0.05, 0.1) is 25.8 Å². The Morgan fingerprint density at radius 3 is 2.28 bits per heavy atom. The van der Waals surface area contributed by atoms with Gasteiger partial charge >= 0.3 is 5.91 Å². The van der Waals surface area contributed by atoms with E-state index in [9.17, 15) is 14.7 Å². The Morgan fingerprint density at radius 2 is 1.69 bits per heavy atom. The Kier molecular flexibility index (Phi) is 5.44. The van der Waals surface area contributed by atoms with Crippen LogP contribution in [0.15, 0.2) is 58.6 Å². The van der Waals surface area contributed by atoms with Crippen LogP contribution in [0.2, 0.25) is 0 Å². The highest BCUT2D eigenvalue weighted by Crippen LogP contribution is 2.43. The number of Topliss-reactive ketones (excluding diaryl/α,β-unsaturated/α-hetero) is 1. The number of hydrogen-bond acceptors (Lipinski definition) is 7. The molecule has 0 saturated carbocycles. The fraction of sp³-hybridized carbons (Fsp3) is 0.208. The Labute approximate surface area is 184 Å². The zero-order valence-electron chi connectivity index (χ0n) is 18.1. The lowest BCUT2D eigenvalue weighted by atomic mass is 9.94. The average molecular weight is 434 g/mol. The van der Waals surface area contributed by atoms with Gasteiger partial charge in [0.25, 0.3) is 5.78 Å². The van der Waals surface area contributed by atoms with E-state index in [-0.39, 0.29) is 17.2 Å². The van der Waals surface area contributed by atoms with Crippen LogP contribution in [0.5, 0.6) is 11.5 Å². The van der Waals surface area contributed by atoms with Gasteiger partial charge in [0, 0.05) is 11.6 Å². The van der Waals surface area contributed by atoms with Crippen LogP contribution >= 0.6 is 0 Å². The van der Waals surface area contributed by atoms with Crippen LogP contribution in [0.3, 0.4) is 0 Å². The molecule has 4 rings (SSSR count). The number of anilines is 1. The van der Waals surface area contributed by atoms with Crippen molar-refractivity contribution in [1.82, 2.24) is 5.16 Å². The summed E-state index contributed by atoms with van der Waals surface area (Å²) >= 11 is 0. The molecule has 1 saturated heterocycles. The highest BCUT2D eigenvalue weighted by molar-refractivity contribution is 6.51. The number of methoxy groups -OCH3 is 2. The summed E-state index contributed by atoms with van der Waals surface area (Å²) < 4.78 is 15.8. The Hall–Kier alpha value is -4.07. The van der Waals surface area contributed by atoms with Gasteiger partial charge in [-0.25, -0.2) is 0 Å². The lowest BCUT2D eigenvalue weighted by Crippen LogP contribution is -2.29. The summed E-state index contributed by atoms with van der Waals surface area (Å²) in [5.41, 5.74) is 1.91. The number of aliphatic hydroxyl groups excluding tert-OH is 1. The van der Waals surface area contributed by atoms with Gasteiger partial charge in [0.1, 0.15) is 11.5 Å². The standard InChI is InChI=1S/C24H22N2O6/c1-13-5-7-15(8-6-13)22(27)20-21(16-9-10-17(30-3)18(12-16)31-4)26(24(29)23(20)28)19-11-14(2)32-25-19/h5-12,21,27H,1-4H3/b22-20+. The molecule has 0 aliphatic carbocycles. The predicted octanol–water partition coefficient (Wildman–Crippen LogP) is 3.93. The second-order valence-electron chi connectivity index (χ2n) is 7.45. The molecule has 1 atom stereocenters. The summed E-state index contributed by atoms with van der Waals surface area (Å²) in [6, 6.07) is 12.7. The minimum Gasteiger partial charge on any atom is -0.507 e. The van der Waals surface area contributed by atoms with E-state index < -0.39 is 17.7 Å². The molecule has 0 radical (unpaired) electrons. The Bertz CT molecular complexity index is 1230. The maximum atomic E-state index is 13.1. The molecule has 1 unspecified atom stereocenters. The number of nitrogens with zero attached hydrogens (tertiary/aromatic N) is 2. The zero-order valence-corrected chi connectivity index (χ0v) is 18.1. The average Bonchev–Trinajstić information content (AvgIpc) is 3.34. The van der Waals surface area contributed by atoms with Gasteiger partial charge in [0.15, 0.2) is 17.3 Å². The summed E-state index contributed by atoms with van der Waals surface area (Å²) in [7, 11) is 3.01. The van der Waals surface area contributed by atoms with Gasteiger partial charge in [-0.1, -0.05) is 41.1 Å². The highest BCUT2D eigenvalue weighted by Gasteiger charge is 2.48. The van der Waals surface area contributed by atoms with Crippen LogP contribution in [0.1, 0.15) is 28.5 Å². The number of ether oxygens (including phenoxy) is 2. The highest BCUT2D eigenvalue weighted by atomic mass is 16.5. The fourth-order valence-corrected chi connectivity index (χ4v) is 3.74. The van der Waals surface area contributed by atoms with Crippen molar-refractivity contribution in [3.8, 4) is 11.5 Å². The molecule has 3 aromatic rings. The molecule has 1 aliphatic heterocycles. The first-order valence-electron chi connectivity index (χ1n) is 9.89. The monoisotopic (exact) mass is 434 g/mol. The molecule has 32 heavy (non-hydrogen) atoms. The number of hydrogen-bond donors (Lipinski definition) is 1. The molecule has 1 aromatic heterocycles. The molecular weight excluding hydrogens is 412 g/mol. The summed E-state index contributed by atoms with van der Waals surface area (Å²) in [6.45, 7) is 3.60. The van der Waals surface area contributed by atoms with Crippen molar-refractivity contribution in [2.75, 3.05) is 19.1 Å². The van der Waals surface area contributed by atoms with Crippen LogP contribution in [0.4, 0.5) is 5.82 Å². The molecular formula is C24H22N2O6. The third-order valence-corrected chi connectivity index (χ3v) is 5.36. The molecule has 2 aromatic carbocycles. The summed E-state index contributed by atoms with van der Waals surface area (Å²) in [4.78, 5) is 27.4. The summed E-state index contributed by atoms with van der Waals surface area (Å²) in [5, 5.41) is 15.0. The molecule has 1 amide bonds. The predicted molar refractivity (Wildman–Crippen MR) is 117 cm³/mol. The maximum absolute atomic E-state index is 13.1. The molecule has 8 nitrogen and oxygen atoms in total. The van der Waals surface area contributed by atoms with Gasteiger partial charge in [0.2, 0.25) is 0 Å². The number of rotatable bonds is 5. The largest absolute Gasteiger partial charge is 0.507 e. The quantitative estimate of drug-likeness (QED) is 0.369. The molecule has 1 N–H and O–H groups in total. The van der Waals surface area contributed by atoms with E-state index in [0.29, 0.717) is 28.4 Å². The number of carbonyl (C=O) groups excluding carboxylic acids is 2. The maximum Gasteiger partial charge on any atom is 0.301 e. The normalized spacial score (nSPS) is 17.6. The Morgan fingerprint density at radius 1 is 1.00 bits per heavy atom. The van der Waals surface area contributed by atoms with Crippen molar-refractivity contribution in [2.24, 2.45) is 0 Å². The van der Waals surface area contributed by atoms with Gasteiger partial charge in [-0.3, -0.25) is 14.5 Å². The van der Waals surface area contributed by atoms with E-state index in [0.717, 1.165) is 5.56 Å². The van der Waals surface area contributed by atoms with Crippen molar-refractivity contribution in [3.05, 3.63) is 76.6 Å². The first-order valence-corrected chi connectivity index (χ1v) is 9.89. The lowest BCUT2D eigenvalue weighted by molar-refractivity contribution is -0.132. The molecule has 0 spiro atoms. The van der Waals surface area contributed by atoms with E-state index in [1.54, 1.807) is 43.3 Å². The molecule has 1 aliphatic rings. The summed E-state index contributed by atoms with van der Waals surface area (Å²) in [6.07, 6.45) is 0. The number of aryl methyl sites for hydroxylation is 2. The van der Waals surface area contributed by atoms with E-state index in [1.807, 2.05) is 19.1 Å². The minimum absolute atomic E-state index is 0.0493. The van der Waals surface area contributed by atoms with Crippen molar-refractivity contribution in [1.29, 1.82) is 0 Å². The van der Waals surface area contributed by atoms with E-state index in [2.05, 4.69) is 5.16 Å². The van der Waals surface area contributed by atoms with Crippen LogP contribution < -0.4 is 14.4 Å². The molecule has 8 heteroatoms. The molecule has 0 bridgehead atoms. The van der Waals surface area contributed by atoms with Crippen molar-refractivity contribution in [3.63, 3.8) is 0 Å². The topological polar surface area (TPSA) is 102 Å². The molecule has 2 heterocycles. The SMILES string of the molecule is COc1ccc(C2/C(=C(\O)c3ccc(C)cc3)C(=O)C(=O)N2c2cc(C)on2)cc1OC. The van der Waals surface area contributed by atoms with Crippen molar-refractivity contribution < 1.29 is 28.7 Å². The van der Waals surface area contributed by atoms with Crippen molar-refractivity contribution in [2.45, 2.75) is 19.9 Å². The number of carbonyl (C=O) groups is 2. The second kappa shape index (κ2) is 8.22. The third-order valence-electron chi connectivity index (χ3n) is 5.36. The van der Waals surface area contributed by atoms with E-state index in [4.69, 9.17) is 14.0 Å². The Balaban J connectivity index is 1.95. The van der Waals surface area contributed by atoms with Gasteiger partial charge in [-0.15, -0.1) is 0 Å². The molecule has 1 fully saturated rings. The molecule has 164 valence electrons. The van der Waals surface area contributed by atoms with E-state index >= 15 is 0 Å². The first kappa shape index (κ1) is 21.2. The number of amides is 1. The van der Waals surface area contributed by atoms with Crippen LogP contribution in [0.25, 0.3) is 5.76 Å². The second-order valence-corrected chi connectivity index (χ2v) is 7.45. The number of ketones is 1. The minimum atomic E-state index is -0.944. The van der Waals surface area contributed by atoms with Crippen LogP contribution in [-0.4, -0.2) is 36.2 Å². The van der Waals surface area contributed by atoms with Gasteiger partial charge in [-0.05, 0) is 31.5 Å². The van der Waals surface area contributed by atoms with Crippen molar-refractivity contribution >= 4 is 23.3 Å². The fourth-order valence-electron chi connectivity index (χ4n) is 3.74. The van der Waals surface area contributed by atoms with Gasteiger partial charge < -0.3 is 19.1 Å². The number of benzene rings is 2.